The lowest BCUT2D eigenvalue weighted by Crippen LogP contribution is -1.91. The molecule has 2 aromatic rings. The van der Waals surface area contributed by atoms with Crippen LogP contribution in [0.1, 0.15) is 11.1 Å². The van der Waals surface area contributed by atoms with E-state index in [4.69, 9.17) is 0 Å². The van der Waals surface area contributed by atoms with Gasteiger partial charge in [0.25, 0.3) is 0 Å². The maximum atomic E-state index is 2.75. The Morgan fingerprint density at radius 2 is 1.69 bits per heavy atom. The highest BCUT2D eigenvalue weighted by atomic mass is 14.7. The van der Waals surface area contributed by atoms with Crippen molar-refractivity contribution in [3.63, 3.8) is 0 Å². The van der Waals surface area contributed by atoms with E-state index < -0.39 is 0 Å². The maximum Gasteiger partial charge on any atom is -0.00763 e. The number of nitrogens with one attached hydrogen (secondary N) is 1. The molecule has 0 heterocycles. The molecule has 1 N–H and O–H groups in total. The van der Waals surface area contributed by atoms with E-state index >= 15 is 0 Å². The molecule has 0 spiro atoms. The standard InChI is InChI=1S/C13H10.C2H7N/c1-4-10-6-2-8-12-9-3-7-11(5-1)13(10)12;1-3-2/h1-8H,9H2;3H,1-2H3. The molecule has 1 aliphatic carbocycles. The molecule has 0 saturated carbocycles. The molecule has 1 nitrogen and oxygen atoms in total. The summed E-state index contributed by atoms with van der Waals surface area (Å²) in [6.45, 7) is 0. The molecular weight excluding hydrogens is 194 g/mol. The zero-order chi connectivity index (χ0) is 11.4. The van der Waals surface area contributed by atoms with Crippen molar-refractivity contribution in [2.75, 3.05) is 14.1 Å². The maximum absolute atomic E-state index is 2.75. The first-order valence-corrected chi connectivity index (χ1v) is 5.62. The molecule has 0 fully saturated rings. The Morgan fingerprint density at radius 1 is 1.00 bits per heavy atom. The van der Waals surface area contributed by atoms with Gasteiger partial charge >= 0.3 is 0 Å². The van der Waals surface area contributed by atoms with E-state index in [1.54, 1.807) is 0 Å². The van der Waals surface area contributed by atoms with Crippen LogP contribution in [0.2, 0.25) is 0 Å². The average molecular weight is 211 g/mol. The zero-order valence-corrected chi connectivity index (χ0v) is 9.83. The van der Waals surface area contributed by atoms with Crippen molar-refractivity contribution in [3.05, 3.63) is 53.6 Å². The fourth-order valence-electron chi connectivity index (χ4n) is 2.07. The van der Waals surface area contributed by atoms with Crippen molar-refractivity contribution in [2.24, 2.45) is 0 Å². The topological polar surface area (TPSA) is 12.0 Å². The molecule has 16 heavy (non-hydrogen) atoms. The van der Waals surface area contributed by atoms with E-state index in [0.29, 0.717) is 0 Å². The molecule has 1 aliphatic rings. The lowest BCUT2D eigenvalue weighted by molar-refractivity contribution is 1.02. The van der Waals surface area contributed by atoms with Crippen molar-refractivity contribution in [1.29, 1.82) is 0 Å². The minimum atomic E-state index is 1.08. The summed E-state index contributed by atoms with van der Waals surface area (Å²) in [6.07, 6.45) is 5.53. The quantitative estimate of drug-likeness (QED) is 0.705. The smallest absolute Gasteiger partial charge is 0.00763 e. The average Bonchev–Trinajstić information content (AvgIpc) is 2.31. The molecule has 0 amide bonds. The molecular formula is C15H17N. The van der Waals surface area contributed by atoms with Gasteiger partial charge in [-0.2, -0.15) is 0 Å². The summed E-state index contributed by atoms with van der Waals surface area (Å²) in [7, 11) is 3.75. The molecule has 0 saturated heterocycles. The van der Waals surface area contributed by atoms with E-state index in [0.717, 1.165) is 6.42 Å². The summed E-state index contributed by atoms with van der Waals surface area (Å²) in [5.41, 5.74) is 2.81. The molecule has 0 atom stereocenters. The first-order valence-electron chi connectivity index (χ1n) is 5.62. The number of hydrogen-bond donors (Lipinski definition) is 1. The van der Waals surface area contributed by atoms with Crippen LogP contribution in [0.15, 0.2) is 42.5 Å². The van der Waals surface area contributed by atoms with E-state index in [2.05, 4.69) is 53.9 Å². The van der Waals surface area contributed by atoms with Gasteiger partial charge in [0.2, 0.25) is 0 Å². The Morgan fingerprint density at radius 3 is 2.44 bits per heavy atom. The van der Waals surface area contributed by atoms with Gasteiger partial charge in [-0.1, -0.05) is 48.6 Å². The first-order chi connectivity index (χ1) is 7.86. The fraction of sp³-hybridized carbons (Fsp3) is 0.200. The molecule has 0 unspecified atom stereocenters. The normalized spacial score (nSPS) is 12.1. The highest BCUT2D eigenvalue weighted by Gasteiger charge is 2.06. The van der Waals surface area contributed by atoms with Crippen LogP contribution in [-0.2, 0) is 6.42 Å². The highest BCUT2D eigenvalue weighted by molar-refractivity contribution is 5.94. The summed E-state index contributed by atoms with van der Waals surface area (Å²) in [6, 6.07) is 13.0. The second-order valence-electron chi connectivity index (χ2n) is 3.97. The third-order valence-corrected chi connectivity index (χ3v) is 2.66. The summed E-state index contributed by atoms with van der Waals surface area (Å²) in [5.74, 6) is 0. The second-order valence-corrected chi connectivity index (χ2v) is 3.97. The Kier molecular flexibility index (Phi) is 3.37. The van der Waals surface area contributed by atoms with E-state index in [-0.39, 0.29) is 0 Å². The fourth-order valence-corrected chi connectivity index (χ4v) is 2.07. The summed E-state index contributed by atoms with van der Waals surface area (Å²) in [4.78, 5) is 0. The van der Waals surface area contributed by atoms with Gasteiger partial charge in [-0.15, -0.1) is 0 Å². The van der Waals surface area contributed by atoms with Crippen LogP contribution >= 0.6 is 0 Å². The number of hydrogen-bond acceptors (Lipinski definition) is 1. The van der Waals surface area contributed by atoms with Crippen molar-refractivity contribution >= 4 is 16.8 Å². The van der Waals surface area contributed by atoms with E-state index in [1.165, 1.54) is 21.9 Å². The van der Waals surface area contributed by atoms with E-state index in [9.17, 15) is 0 Å². The lowest BCUT2D eigenvalue weighted by Gasteiger charge is -2.11. The van der Waals surface area contributed by atoms with Gasteiger partial charge < -0.3 is 5.32 Å². The molecule has 0 aliphatic heterocycles. The zero-order valence-electron chi connectivity index (χ0n) is 9.83. The third-order valence-electron chi connectivity index (χ3n) is 2.66. The Bertz CT molecular complexity index is 507. The number of rotatable bonds is 0. The molecule has 3 rings (SSSR count). The Labute approximate surface area is 96.8 Å². The molecule has 0 radical (unpaired) electrons. The molecule has 1 heteroatoms. The largest absolute Gasteiger partial charge is 0.323 e. The van der Waals surface area contributed by atoms with Gasteiger partial charge in [-0.25, -0.2) is 0 Å². The lowest BCUT2D eigenvalue weighted by atomic mass is 9.93. The molecule has 0 aromatic heterocycles. The molecule has 82 valence electrons. The monoisotopic (exact) mass is 211 g/mol. The van der Waals surface area contributed by atoms with Crippen LogP contribution in [0.5, 0.6) is 0 Å². The van der Waals surface area contributed by atoms with Gasteiger partial charge in [0.15, 0.2) is 0 Å². The van der Waals surface area contributed by atoms with E-state index in [1.807, 2.05) is 14.1 Å². The highest BCUT2D eigenvalue weighted by Crippen LogP contribution is 2.27. The number of allylic oxidation sites excluding steroid dienone is 1. The van der Waals surface area contributed by atoms with Gasteiger partial charge in [0.1, 0.15) is 0 Å². The SMILES string of the molecule is C1=Cc2cccc3cccc(c23)C1.CNC. The third kappa shape index (κ3) is 2.00. The number of benzene rings is 2. The second kappa shape index (κ2) is 4.95. The van der Waals surface area contributed by atoms with Gasteiger partial charge in [-0.3, -0.25) is 0 Å². The Hall–Kier alpha value is -1.60. The van der Waals surface area contributed by atoms with Crippen LogP contribution in [0.25, 0.3) is 16.8 Å². The van der Waals surface area contributed by atoms with Crippen molar-refractivity contribution < 1.29 is 0 Å². The van der Waals surface area contributed by atoms with Crippen LogP contribution in [-0.4, -0.2) is 14.1 Å². The van der Waals surface area contributed by atoms with Crippen molar-refractivity contribution in [1.82, 2.24) is 5.32 Å². The first kappa shape index (κ1) is 10.9. The predicted molar refractivity (Wildman–Crippen MR) is 71.7 cm³/mol. The predicted octanol–water partition coefficient (Wildman–Crippen LogP) is 3.24. The van der Waals surface area contributed by atoms with Crippen LogP contribution < -0.4 is 5.32 Å². The van der Waals surface area contributed by atoms with Crippen LogP contribution in [0.4, 0.5) is 0 Å². The van der Waals surface area contributed by atoms with Crippen LogP contribution in [0.3, 0.4) is 0 Å². The summed E-state index contributed by atoms with van der Waals surface area (Å²) in [5, 5.41) is 5.55. The van der Waals surface area contributed by atoms with Crippen LogP contribution in [0, 0.1) is 0 Å². The van der Waals surface area contributed by atoms with Gasteiger partial charge in [0, 0.05) is 0 Å². The minimum Gasteiger partial charge on any atom is -0.323 e. The molecule has 0 bridgehead atoms. The van der Waals surface area contributed by atoms with Gasteiger partial charge in [-0.05, 0) is 42.4 Å². The summed E-state index contributed by atoms with van der Waals surface area (Å²) >= 11 is 0. The van der Waals surface area contributed by atoms with Gasteiger partial charge in [0.05, 0.1) is 0 Å². The summed E-state index contributed by atoms with van der Waals surface area (Å²) < 4.78 is 0. The minimum absolute atomic E-state index is 1.08. The van der Waals surface area contributed by atoms with Crippen molar-refractivity contribution in [2.45, 2.75) is 6.42 Å². The molecule has 2 aromatic carbocycles. The Balaban J connectivity index is 0.000000292. The van der Waals surface area contributed by atoms with Crippen molar-refractivity contribution in [3.8, 4) is 0 Å².